The fraction of sp³-hybridized carbons (Fsp3) is 0.188. The number of hydrogen-bond donors (Lipinski definition) is 1. The number of ether oxygens (including phenoxy) is 1. The van der Waals surface area contributed by atoms with Crippen molar-refractivity contribution >= 4 is 11.6 Å². The molecular formula is C16H16FNO2. The van der Waals surface area contributed by atoms with E-state index in [4.69, 9.17) is 4.74 Å². The Morgan fingerprint density at radius 2 is 2.00 bits per heavy atom. The van der Waals surface area contributed by atoms with Crippen LogP contribution in [0.1, 0.15) is 22.8 Å². The minimum atomic E-state index is -0.540. The van der Waals surface area contributed by atoms with Crippen molar-refractivity contribution in [2.75, 3.05) is 11.9 Å². The van der Waals surface area contributed by atoms with E-state index in [9.17, 15) is 9.18 Å². The average molecular weight is 273 g/mol. The summed E-state index contributed by atoms with van der Waals surface area (Å²) in [6.45, 7) is 4.16. The highest BCUT2D eigenvalue weighted by atomic mass is 19.1. The van der Waals surface area contributed by atoms with Crippen LogP contribution in [0.3, 0.4) is 0 Å². The number of amides is 1. The van der Waals surface area contributed by atoms with Crippen molar-refractivity contribution in [3.63, 3.8) is 0 Å². The van der Waals surface area contributed by atoms with Gasteiger partial charge in [0.2, 0.25) is 0 Å². The standard InChI is InChI=1S/C16H16FNO2/c1-3-20-15-7-5-4-6-14(15)18-16(19)12-10-11(2)8-9-13(12)17/h4-10H,3H2,1-2H3,(H,18,19). The summed E-state index contributed by atoms with van der Waals surface area (Å²) in [5.41, 5.74) is 1.38. The van der Waals surface area contributed by atoms with Gasteiger partial charge in [0.25, 0.3) is 5.91 Å². The first-order valence-electron chi connectivity index (χ1n) is 6.41. The molecular weight excluding hydrogens is 257 g/mol. The lowest BCUT2D eigenvalue weighted by Gasteiger charge is -2.11. The molecule has 104 valence electrons. The lowest BCUT2D eigenvalue weighted by Crippen LogP contribution is -2.14. The predicted octanol–water partition coefficient (Wildman–Crippen LogP) is 3.79. The van der Waals surface area contributed by atoms with Crippen molar-refractivity contribution in [3.8, 4) is 5.75 Å². The normalized spacial score (nSPS) is 10.2. The average Bonchev–Trinajstić information content (AvgIpc) is 2.44. The maximum absolute atomic E-state index is 13.7. The first-order valence-corrected chi connectivity index (χ1v) is 6.41. The van der Waals surface area contributed by atoms with Gasteiger partial charge in [-0.15, -0.1) is 0 Å². The molecule has 0 aliphatic heterocycles. The zero-order valence-electron chi connectivity index (χ0n) is 11.4. The zero-order chi connectivity index (χ0) is 14.5. The highest BCUT2D eigenvalue weighted by Gasteiger charge is 2.13. The molecule has 0 aliphatic carbocycles. The Hall–Kier alpha value is -2.36. The molecule has 0 saturated carbocycles. The molecule has 0 bridgehead atoms. The quantitative estimate of drug-likeness (QED) is 0.920. The van der Waals surface area contributed by atoms with Crippen LogP contribution in [-0.2, 0) is 0 Å². The van der Waals surface area contributed by atoms with E-state index in [1.807, 2.05) is 19.9 Å². The Morgan fingerprint density at radius 3 is 2.75 bits per heavy atom. The van der Waals surface area contributed by atoms with Crippen LogP contribution < -0.4 is 10.1 Å². The van der Waals surface area contributed by atoms with E-state index in [0.29, 0.717) is 18.0 Å². The van der Waals surface area contributed by atoms with Crippen LogP contribution in [0.5, 0.6) is 5.75 Å². The third-order valence-electron chi connectivity index (χ3n) is 2.80. The molecule has 2 rings (SSSR count). The van der Waals surface area contributed by atoms with Crippen molar-refractivity contribution in [3.05, 3.63) is 59.4 Å². The molecule has 2 aromatic carbocycles. The minimum absolute atomic E-state index is 0.0244. The van der Waals surface area contributed by atoms with Gasteiger partial charge in [-0.2, -0.15) is 0 Å². The number of halogens is 1. The maximum Gasteiger partial charge on any atom is 0.258 e. The number of hydrogen-bond acceptors (Lipinski definition) is 2. The molecule has 1 amide bonds. The summed E-state index contributed by atoms with van der Waals surface area (Å²) in [7, 11) is 0. The van der Waals surface area contributed by atoms with Gasteiger partial charge < -0.3 is 10.1 Å². The molecule has 0 radical (unpaired) electrons. The van der Waals surface area contributed by atoms with Gasteiger partial charge in [0.1, 0.15) is 11.6 Å². The van der Waals surface area contributed by atoms with Crippen molar-refractivity contribution in [1.82, 2.24) is 0 Å². The monoisotopic (exact) mass is 273 g/mol. The summed E-state index contributed by atoms with van der Waals surface area (Å²) in [5.74, 6) is -0.461. The molecule has 0 saturated heterocycles. The second-order valence-electron chi connectivity index (χ2n) is 4.37. The van der Waals surface area contributed by atoms with Crippen LogP contribution in [0.25, 0.3) is 0 Å². The van der Waals surface area contributed by atoms with Crippen LogP contribution in [-0.4, -0.2) is 12.5 Å². The molecule has 3 nitrogen and oxygen atoms in total. The summed E-state index contributed by atoms with van der Waals surface area (Å²) in [4.78, 5) is 12.1. The molecule has 20 heavy (non-hydrogen) atoms. The molecule has 0 fully saturated rings. The Morgan fingerprint density at radius 1 is 1.25 bits per heavy atom. The molecule has 0 atom stereocenters. The topological polar surface area (TPSA) is 38.3 Å². The molecule has 0 aliphatic rings. The number of carbonyl (C=O) groups excluding carboxylic acids is 1. The number of carbonyl (C=O) groups is 1. The van der Waals surface area contributed by atoms with Crippen LogP contribution in [0.4, 0.5) is 10.1 Å². The van der Waals surface area contributed by atoms with E-state index in [-0.39, 0.29) is 5.56 Å². The number of benzene rings is 2. The van der Waals surface area contributed by atoms with Crippen LogP contribution in [0, 0.1) is 12.7 Å². The second-order valence-corrected chi connectivity index (χ2v) is 4.37. The molecule has 0 spiro atoms. The molecule has 0 unspecified atom stereocenters. The summed E-state index contributed by atoms with van der Waals surface area (Å²) in [6, 6.07) is 11.5. The van der Waals surface area contributed by atoms with E-state index in [2.05, 4.69) is 5.32 Å². The zero-order valence-corrected chi connectivity index (χ0v) is 11.4. The number of anilines is 1. The van der Waals surface area contributed by atoms with E-state index in [0.717, 1.165) is 5.56 Å². The Balaban J connectivity index is 2.26. The van der Waals surface area contributed by atoms with E-state index in [1.54, 1.807) is 24.3 Å². The molecule has 2 aromatic rings. The van der Waals surface area contributed by atoms with Crippen molar-refractivity contribution in [2.45, 2.75) is 13.8 Å². The van der Waals surface area contributed by atoms with Gasteiger partial charge in [0.05, 0.1) is 17.9 Å². The predicted molar refractivity (Wildman–Crippen MR) is 76.7 cm³/mol. The Labute approximate surface area is 117 Å². The van der Waals surface area contributed by atoms with Gasteiger partial charge in [-0.25, -0.2) is 4.39 Å². The largest absolute Gasteiger partial charge is 0.492 e. The van der Waals surface area contributed by atoms with Crippen molar-refractivity contribution in [2.24, 2.45) is 0 Å². The van der Waals surface area contributed by atoms with Crippen molar-refractivity contribution < 1.29 is 13.9 Å². The summed E-state index contributed by atoms with van der Waals surface area (Å²) in [5, 5.41) is 2.68. The summed E-state index contributed by atoms with van der Waals surface area (Å²) < 4.78 is 19.1. The SMILES string of the molecule is CCOc1ccccc1NC(=O)c1cc(C)ccc1F. The molecule has 1 N–H and O–H groups in total. The molecule has 0 aromatic heterocycles. The smallest absolute Gasteiger partial charge is 0.258 e. The fourth-order valence-electron chi connectivity index (χ4n) is 1.85. The number of rotatable bonds is 4. The lowest BCUT2D eigenvalue weighted by atomic mass is 10.1. The molecule has 4 heteroatoms. The molecule has 0 heterocycles. The number of nitrogens with one attached hydrogen (secondary N) is 1. The third-order valence-corrected chi connectivity index (χ3v) is 2.80. The number of para-hydroxylation sites is 2. The van der Waals surface area contributed by atoms with E-state index >= 15 is 0 Å². The van der Waals surface area contributed by atoms with Crippen molar-refractivity contribution in [1.29, 1.82) is 0 Å². The van der Waals surface area contributed by atoms with Gasteiger partial charge in [0, 0.05) is 0 Å². The van der Waals surface area contributed by atoms with Gasteiger partial charge in [-0.3, -0.25) is 4.79 Å². The van der Waals surface area contributed by atoms with Crippen LogP contribution >= 0.6 is 0 Å². The van der Waals surface area contributed by atoms with Gasteiger partial charge in [-0.05, 0) is 38.1 Å². The minimum Gasteiger partial charge on any atom is -0.492 e. The summed E-state index contributed by atoms with van der Waals surface area (Å²) in [6.07, 6.45) is 0. The first-order chi connectivity index (χ1) is 9.61. The highest BCUT2D eigenvalue weighted by molar-refractivity contribution is 6.05. The Kier molecular flexibility index (Phi) is 4.35. The second kappa shape index (κ2) is 6.19. The van der Waals surface area contributed by atoms with E-state index < -0.39 is 11.7 Å². The number of aryl methyl sites for hydroxylation is 1. The van der Waals surface area contributed by atoms with Crippen LogP contribution in [0.2, 0.25) is 0 Å². The van der Waals surface area contributed by atoms with Crippen LogP contribution in [0.15, 0.2) is 42.5 Å². The lowest BCUT2D eigenvalue weighted by molar-refractivity contribution is 0.102. The fourth-order valence-corrected chi connectivity index (χ4v) is 1.85. The van der Waals surface area contributed by atoms with Gasteiger partial charge in [-0.1, -0.05) is 23.8 Å². The highest BCUT2D eigenvalue weighted by Crippen LogP contribution is 2.24. The Bertz CT molecular complexity index is 626. The summed E-state index contributed by atoms with van der Waals surface area (Å²) >= 11 is 0. The van der Waals surface area contributed by atoms with Gasteiger partial charge >= 0.3 is 0 Å². The third kappa shape index (κ3) is 3.15. The first kappa shape index (κ1) is 14.1. The van der Waals surface area contributed by atoms with Gasteiger partial charge in [0.15, 0.2) is 0 Å². The van der Waals surface area contributed by atoms with E-state index in [1.165, 1.54) is 12.1 Å². The maximum atomic E-state index is 13.7.